The number of amides is 4. The van der Waals surface area contributed by atoms with Gasteiger partial charge in [-0.3, -0.25) is 14.5 Å². The van der Waals surface area contributed by atoms with Gasteiger partial charge in [-0.25, -0.2) is 4.79 Å². The van der Waals surface area contributed by atoms with Crippen molar-refractivity contribution >= 4 is 17.8 Å². The van der Waals surface area contributed by atoms with E-state index in [2.05, 4.69) is 25.7 Å². The Kier molecular flexibility index (Phi) is 5.44. The molecular formula is C17H27N3O3. The summed E-state index contributed by atoms with van der Waals surface area (Å²) in [6, 6.07) is -0.177. The van der Waals surface area contributed by atoms with Gasteiger partial charge in [0.05, 0.1) is 6.54 Å². The zero-order valence-corrected chi connectivity index (χ0v) is 14.1. The van der Waals surface area contributed by atoms with E-state index in [1.54, 1.807) is 0 Å². The van der Waals surface area contributed by atoms with Crippen molar-refractivity contribution in [2.75, 3.05) is 19.6 Å². The average molecular weight is 321 g/mol. The van der Waals surface area contributed by atoms with Crippen LogP contribution in [0.15, 0.2) is 12.7 Å². The highest BCUT2D eigenvalue weighted by atomic mass is 16.2. The van der Waals surface area contributed by atoms with Crippen LogP contribution in [0.3, 0.4) is 0 Å². The molecule has 1 unspecified atom stereocenters. The van der Waals surface area contributed by atoms with Crippen molar-refractivity contribution in [1.82, 2.24) is 15.1 Å². The van der Waals surface area contributed by atoms with Crippen LogP contribution in [0.25, 0.3) is 0 Å². The number of carbonyl (C=O) groups is 3. The largest absolute Gasteiger partial charge is 0.339 e. The van der Waals surface area contributed by atoms with E-state index >= 15 is 0 Å². The summed E-state index contributed by atoms with van der Waals surface area (Å²) in [5, 5.41) is 2.49. The van der Waals surface area contributed by atoms with Crippen LogP contribution in [0.5, 0.6) is 0 Å². The van der Waals surface area contributed by atoms with Crippen molar-refractivity contribution in [3.63, 3.8) is 0 Å². The molecule has 0 aromatic heterocycles. The zero-order chi connectivity index (χ0) is 17.0. The molecule has 23 heavy (non-hydrogen) atoms. The van der Waals surface area contributed by atoms with Crippen LogP contribution in [0.1, 0.15) is 46.0 Å². The number of imide groups is 1. The predicted octanol–water partition coefficient (Wildman–Crippen LogP) is 1.91. The first kappa shape index (κ1) is 17.5. The third-order valence-corrected chi connectivity index (χ3v) is 4.92. The lowest BCUT2D eigenvalue weighted by Crippen LogP contribution is -2.52. The maximum Gasteiger partial charge on any atom is 0.324 e. The Hall–Kier alpha value is -1.85. The summed E-state index contributed by atoms with van der Waals surface area (Å²) in [4.78, 5) is 38.7. The second-order valence-electron chi connectivity index (χ2n) is 7.03. The molecule has 0 aromatic rings. The van der Waals surface area contributed by atoms with Gasteiger partial charge in [-0.05, 0) is 31.1 Å². The van der Waals surface area contributed by atoms with E-state index in [0.717, 1.165) is 25.8 Å². The SMILES string of the molecule is C=CCC1N(C(=O)CCCN2C(=O)CNC2=O)CCCC1(C)C. The van der Waals surface area contributed by atoms with Crippen molar-refractivity contribution in [2.24, 2.45) is 5.41 Å². The van der Waals surface area contributed by atoms with E-state index in [9.17, 15) is 14.4 Å². The smallest absolute Gasteiger partial charge is 0.324 e. The third-order valence-electron chi connectivity index (χ3n) is 4.92. The lowest BCUT2D eigenvalue weighted by atomic mass is 9.75. The molecule has 128 valence electrons. The van der Waals surface area contributed by atoms with Crippen LogP contribution >= 0.6 is 0 Å². The van der Waals surface area contributed by atoms with Crippen LogP contribution in [0.4, 0.5) is 4.79 Å². The molecule has 1 N–H and O–H groups in total. The van der Waals surface area contributed by atoms with Crippen LogP contribution in [0.2, 0.25) is 0 Å². The summed E-state index contributed by atoms with van der Waals surface area (Å²) in [5.74, 6) is -0.109. The van der Waals surface area contributed by atoms with E-state index in [4.69, 9.17) is 0 Å². The summed E-state index contributed by atoms with van der Waals surface area (Å²) >= 11 is 0. The second kappa shape index (κ2) is 7.15. The number of hydrogen-bond acceptors (Lipinski definition) is 3. The number of likely N-dealkylation sites (tertiary alicyclic amines) is 1. The van der Waals surface area contributed by atoms with Crippen LogP contribution in [-0.4, -0.2) is 53.3 Å². The van der Waals surface area contributed by atoms with Gasteiger partial charge in [-0.15, -0.1) is 6.58 Å². The number of piperidine rings is 1. The number of urea groups is 1. The number of hydrogen-bond donors (Lipinski definition) is 1. The van der Waals surface area contributed by atoms with Gasteiger partial charge >= 0.3 is 6.03 Å². The summed E-state index contributed by atoms with van der Waals surface area (Å²) in [7, 11) is 0. The fourth-order valence-corrected chi connectivity index (χ4v) is 3.57. The van der Waals surface area contributed by atoms with Crippen molar-refractivity contribution in [3.05, 3.63) is 12.7 Å². The van der Waals surface area contributed by atoms with Crippen molar-refractivity contribution in [2.45, 2.75) is 52.0 Å². The molecule has 6 nitrogen and oxygen atoms in total. The molecule has 0 radical (unpaired) electrons. The summed E-state index contributed by atoms with van der Waals surface area (Å²) in [6.45, 7) is 9.37. The quantitative estimate of drug-likeness (QED) is 0.600. The number of nitrogens with one attached hydrogen (secondary N) is 1. The molecule has 2 fully saturated rings. The second-order valence-corrected chi connectivity index (χ2v) is 7.03. The lowest BCUT2D eigenvalue weighted by molar-refractivity contribution is -0.139. The highest BCUT2D eigenvalue weighted by Crippen LogP contribution is 2.37. The Morgan fingerprint density at radius 1 is 1.43 bits per heavy atom. The monoisotopic (exact) mass is 321 g/mol. The minimum absolute atomic E-state index is 0.0640. The zero-order valence-electron chi connectivity index (χ0n) is 14.1. The van der Waals surface area contributed by atoms with Gasteiger partial charge in [0.15, 0.2) is 0 Å². The van der Waals surface area contributed by atoms with Gasteiger partial charge in [0.1, 0.15) is 0 Å². The molecule has 0 saturated carbocycles. The maximum absolute atomic E-state index is 12.6. The van der Waals surface area contributed by atoms with Crippen molar-refractivity contribution < 1.29 is 14.4 Å². The predicted molar refractivity (Wildman–Crippen MR) is 87.7 cm³/mol. The van der Waals surface area contributed by atoms with Crippen molar-refractivity contribution in [1.29, 1.82) is 0 Å². The van der Waals surface area contributed by atoms with E-state index in [1.807, 2.05) is 11.0 Å². The van der Waals surface area contributed by atoms with E-state index in [-0.39, 0.29) is 35.8 Å². The highest BCUT2D eigenvalue weighted by molar-refractivity contribution is 6.01. The maximum atomic E-state index is 12.6. The Labute approximate surface area is 137 Å². The standard InChI is InChI=1S/C17H27N3O3/c1-4-7-13-17(2,3)9-6-11-19(13)14(21)8-5-10-20-15(22)12-18-16(20)23/h4,13H,1,5-12H2,2-3H3,(H,18,23). The van der Waals surface area contributed by atoms with E-state index < -0.39 is 0 Å². The first-order chi connectivity index (χ1) is 10.9. The molecule has 0 bridgehead atoms. The molecule has 2 rings (SSSR count). The van der Waals surface area contributed by atoms with Crippen LogP contribution in [0, 0.1) is 5.41 Å². The van der Waals surface area contributed by atoms with Gasteiger partial charge in [0.25, 0.3) is 0 Å². The molecule has 4 amide bonds. The first-order valence-electron chi connectivity index (χ1n) is 8.35. The van der Waals surface area contributed by atoms with Gasteiger partial charge in [0, 0.05) is 25.6 Å². The third kappa shape index (κ3) is 3.92. The van der Waals surface area contributed by atoms with E-state index in [1.165, 1.54) is 4.90 Å². The molecule has 0 aromatic carbocycles. The molecule has 2 aliphatic heterocycles. The van der Waals surface area contributed by atoms with E-state index in [0.29, 0.717) is 19.4 Å². The van der Waals surface area contributed by atoms with Gasteiger partial charge in [-0.1, -0.05) is 19.9 Å². The minimum Gasteiger partial charge on any atom is -0.339 e. The number of carbonyl (C=O) groups excluding carboxylic acids is 3. The highest BCUT2D eigenvalue weighted by Gasteiger charge is 2.38. The van der Waals surface area contributed by atoms with Crippen molar-refractivity contribution in [3.8, 4) is 0 Å². The molecule has 0 spiro atoms. The number of nitrogens with zero attached hydrogens (tertiary/aromatic N) is 2. The fourth-order valence-electron chi connectivity index (χ4n) is 3.57. The lowest BCUT2D eigenvalue weighted by Gasteiger charge is -2.46. The summed E-state index contributed by atoms with van der Waals surface area (Å²) < 4.78 is 0. The Morgan fingerprint density at radius 3 is 2.78 bits per heavy atom. The molecule has 2 aliphatic rings. The van der Waals surface area contributed by atoms with Gasteiger partial charge in [0.2, 0.25) is 11.8 Å². The molecule has 2 heterocycles. The van der Waals surface area contributed by atoms with Crippen LogP contribution in [-0.2, 0) is 9.59 Å². The normalized spacial score (nSPS) is 23.8. The summed E-state index contributed by atoms with van der Waals surface area (Å²) in [5.41, 5.74) is 0.0902. The van der Waals surface area contributed by atoms with Crippen LogP contribution < -0.4 is 5.32 Å². The number of rotatable bonds is 6. The summed E-state index contributed by atoms with van der Waals surface area (Å²) in [6.07, 6.45) is 5.67. The Balaban J connectivity index is 1.89. The van der Waals surface area contributed by atoms with Gasteiger partial charge in [-0.2, -0.15) is 0 Å². The average Bonchev–Trinajstić information content (AvgIpc) is 2.80. The minimum atomic E-state index is -0.355. The molecule has 0 aliphatic carbocycles. The topological polar surface area (TPSA) is 69.7 Å². The molecule has 1 atom stereocenters. The Bertz CT molecular complexity index is 485. The van der Waals surface area contributed by atoms with Gasteiger partial charge < -0.3 is 10.2 Å². The molecule has 2 saturated heterocycles. The molecular weight excluding hydrogens is 294 g/mol. The first-order valence-corrected chi connectivity index (χ1v) is 8.35. The Morgan fingerprint density at radius 2 is 2.17 bits per heavy atom. The molecule has 6 heteroatoms. The fraction of sp³-hybridized carbons (Fsp3) is 0.706.